The summed E-state index contributed by atoms with van der Waals surface area (Å²) < 4.78 is 42.4. The second-order valence-electron chi connectivity index (χ2n) is 9.51. The Morgan fingerprint density at radius 2 is 1.62 bits per heavy atom. The molecule has 0 aliphatic rings. The van der Waals surface area contributed by atoms with Gasteiger partial charge in [-0.25, -0.2) is 12.8 Å². The minimum absolute atomic E-state index is 0.00744. The predicted molar refractivity (Wildman–Crippen MR) is 151 cm³/mol. The van der Waals surface area contributed by atoms with Gasteiger partial charge in [0.05, 0.1) is 10.6 Å². The highest BCUT2D eigenvalue weighted by molar-refractivity contribution is 7.92. The molecule has 0 fully saturated rings. The lowest BCUT2D eigenvalue weighted by atomic mass is 10.1. The second kappa shape index (κ2) is 13.4. The normalized spacial score (nSPS) is 12.0. The van der Waals surface area contributed by atoms with Crippen molar-refractivity contribution in [1.82, 2.24) is 10.2 Å². The van der Waals surface area contributed by atoms with Gasteiger partial charge >= 0.3 is 0 Å². The third-order valence-corrected chi connectivity index (χ3v) is 8.49. The number of amides is 2. The average Bonchev–Trinajstić information content (AvgIpc) is 2.93. The van der Waals surface area contributed by atoms with E-state index in [4.69, 9.17) is 0 Å². The number of unbranched alkanes of at least 4 members (excludes halogenated alkanes) is 1. The number of carbonyl (C=O) groups is 2. The average molecular weight is 554 g/mol. The van der Waals surface area contributed by atoms with Gasteiger partial charge in [-0.05, 0) is 74.2 Å². The van der Waals surface area contributed by atoms with Gasteiger partial charge in [0.15, 0.2) is 0 Å². The van der Waals surface area contributed by atoms with Crippen molar-refractivity contribution in [2.45, 2.75) is 58.0 Å². The van der Waals surface area contributed by atoms with Gasteiger partial charge in [-0.15, -0.1) is 0 Å². The molecule has 39 heavy (non-hydrogen) atoms. The molecule has 9 heteroatoms. The van der Waals surface area contributed by atoms with Crippen LogP contribution < -0.4 is 9.62 Å². The zero-order valence-electron chi connectivity index (χ0n) is 22.9. The summed E-state index contributed by atoms with van der Waals surface area (Å²) in [4.78, 5) is 28.3. The van der Waals surface area contributed by atoms with Crippen LogP contribution in [0, 0.1) is 19.7 Å². The number of rotatable bonds is 12. The molecule has 3 rings (SSSR count). The van der Waals surface area contributed by atoms with Crippen LogP contribution in [0.5, 0.6) is 0 Å². The summed E-state index contributed by atoms with van der Waals surface area (Å²) in [5, 5.41) is 2.85. The Morgan fingerprint density at radius 3 is 2.26 bits per heavy atom. The van der Waals surface area contributed by atoms with Crippen LogP contribution in [0.2, 0.25) is 0 Å². The van der Waals surface area contributed by atoms with Crippen LogP contribution in [0.1, 0.15) is 43.4 Å². The zero-order valence-corrected chi connectivity index (χ0v) is 23.7. The number of anilines is 1. The molecule has 0 bridgehead atoms. The summed E-state index contributed by atoms with van der Waals surface area (Å²) in [6.45, 7) is 7.25. The van der Waals surface area contributed by atoms with E-state index in [1.54, 1.807) is 49.4 Å². The van der Waals surface area contributed by atoms with Gasteiger partial charge in [-0.3, -0.25) is 13.9 Å². The van der Waals surface area contributed by atoms with E-state index < -0.39 is 34.3 Å². The Labute approximate surface area is 230 Å². The van der Waals surface area contributed by atoms with E-state index in [1.807, 2.05) is 26.8 Å². The molecule has 7 nitrogen and oxygen atoms in total. The molecule has 0 radical (unpaired) electrons. The first kappa shape index (κ1) is 29.8. The number of aryl methyl sites for hydroxylation is 1. The smallest absolute Gasteiger partial charge is 0.264 e. The molecule has 1 atom stereocenters. The van der Waals surface area contributed by atoms with Crippen LogP contribution in [0.4, 0.5) is 10.1 Å². The number of nitrogens with zero attached hydrogens (tertiary/aromatic N) is 2. The quantitative estimate of drug-likeness (QED) is 0.321. The van der Waals surface area contributed by atoms with E-state index in [-0.39, 0.29) is 17.3 Å². The molecule has 3 aromatic rings. The number of hydrogen-bond acceptors (Lipinski definition) is 4. The molecule has 0 aliphatic heterocycles. The fourth-order valence-corrected chi connectivity index (χ4v) is 5.64. The first-order valence-corrected chi connectivity index (χ1v) is 14.5. The zero-order chi connectivity index (χ0) is 28.6. The van der Waals surface area contributed by atoms with Crippen LogP contribution in [0.25, 0.3) is 0 Å². The van der Waals surface area contributed by atoms with Gasteiger partial charge < -0.3 is 10.2 Å². The first-order chi connectivity index (χ1) is 18.6. The molecular formula is C30H36FN3O4S. The Hall–Kier alpha value is -3.72. The van der Waals surface area contributed by atoms with E-state index >= 15 is 0 Å². The van der Waals surface area contributed by atoms with Gasteiger partial charge in [0.25, 0.3) is 10.0 Å². The summed E-state index contributed by atoms with van der Waals surface area (Å²) in [6, 6.07) is 18.0. The van der Waals surface area contributed by atoms with Gasteiger partial charge in [0.1, 0.15) is 18.4 Å². The molecule has 0 heterocycles. The molecular weight excluding hydrogens is 517 g/mol. The van der Waals surface area contributed by atoms with Crippen molar-refractivity contribution in [3.63, 3.8) is 0 Å². The largest absolute Gasteiger partial charge is 0.354 e. The van der Waals surface area contributed by atoms with Crippen LogP contribution >= 0.6 is 0 Å². The maximum absolute atomic E-state index is 13.9. The van der Waals surface area contributed by atoms with E-state index in [0.29, 0.717) is 17.8 Å². The molecule has 1 N–H and O–H groups in total. The van der Waals surface area contributed by atoms with E-state index in [1.165, 1.54) is 29.2 Å². The highest BCUT2D eigenvalue weighted by Crippen LogP contribution is 2.29. The number of halogens is 1. The molecule has 0 spiro atoms. The third kappa shape index (κ3) is 7.44. The lowest BCUT2D eigenvalue weighted by Gasteiger charge is -2.32. The molecule has 0 aromatic heterocycles. The highest BCUT2D eigenvalue weighted by Gasteiger charge is 2.33. The Balaban J connectivity index is 2.02. The third-order valence-electron chi connectivity index (χ3n) is 6.72. The van der Waals surface area contributed by atoms with Crippen molar-refractivity contribution in [1.29, 1.82) is 0 Å². The summed E-state index contributed by atoms with van der Waals surface area (Å²) in [7, 11) is -4.13. The maximum Gasteiger partial charge on any atom is 0.264 e. The van der Waals surface area contributed by atoms with E-state index in [2.05, 4.69) is 5.32 Å². The molecule has 2 amide bonds. The van der Waals surface area contributed by atoms with Crippen molar-refractivity contribution < 1.29 is 22.4 Å². The van der Waals surface area contributed by atoms with Crippen molar-refractivity contribution in [3.8, 4) is 0 Å². The monoisotopic (exact) mass is 553 g/mol. The van der Waals surface area contributed by atoms with Crippen LogP contribution in [-0.4, -0.2) is 44.3 Å². The predicted octanol–water partition coefficient (Wildman–Crippen LogP) is 4.97. The number of benzene rings is 3. The minimum atomic E-state index is -4.13. The molecule has 0 saturated carbocycles. The number of nitrogens with one attached hydrogen (secondary N) is 1. The number of hydrogen-bond donors (Lipinski definition) is 1. The number of carbonyl (C=O) groups excluding carboxylic acids is 2. The molecule has 3 aromatic carbocycles. The van der Waals surface area contributed by atoms with Crippen molar-refractivity contribution in [2.24, 2.45) is 0 Å². The van der Waals surface area contributed by atoms with Crippen molar-refractivity contribution >= 4 is 27.5 Å². The summed E-state index contributed by atoms with van der Waals surface area (Å²) >= 11 is 0. The first-order valence-electron chi connectivity index (χ1n) is 13.0. The highest BCUT2D eigenvalue weighted by atomic mass is 32.2. The van der Waals surface area contributed by atoms with Crippen LogP contribution in [-0.2, 0) is 26.2 Å². The van der Waals surface area contributed by atoms with Gasteiger partial charge in [0.2, 0.25) is 11.8 Å². The van der Waals surface area contributed by atoms with Crippen LogP contribution in [0.15, 0.2) is 77.7 Å². The summed E-state index contributed by atoms with van der Waals surface area (Å²) in [6.07, 6.45) is 1.69. The molecule has 0 aliphatic carbocycles. The standard InChI is InChI=1S/C30H36FN3O4S/c1-5-6-19-32-30(36)24(4)33(20-25-15-17-26(31)18-16-25)29(35)21-34(28-14-10-11-22(2)23(28)3)39(37,38)27-12-8-7-9-13-27/h7-18,24H,5-6,19-21H2,1-4H3,(H,32,36)/t24-/m1/s1. The maximum atomic E-state index is 13.9. The Bertz CT molecular complexity index is 1380. The molecule has 0 saturated heterocycles. The van der Waals surface area contributed by atoms with Gasteiger partial charge in [-0.1, -0.05) is 55.8 Å². The minimum Gasteiger partial charge on any atom is -0.354 e. The Kier molecular flexibility index (Phi) is 10.2. The second-order valence-corrected chi connectivity index (χ2v) is 11.4. The van der Waals surface area contributed by atoms with E-state index in [9.17, 15) is 22.4 Å². The fourth-order valence-electron chi connectivity index (χ4n) is 4.14. The molecule has 0 unspecified atom stereocenters. The number of sulfonamides is 1. The topological polar surface area (TPSA) is 86.8 Å². The van der Waals surface area contributed by atoms with Crippen molar-refractivity contribution in [3.05, 3.63) is 95.3 Å². The van der Waals surface area contributed by atoms with Crippen molar-refractivity contribution in [2.75, 3.05) is 17.4 Å². The Morgan fingerprint density at radius 1 is 0.949 bits per heavy atom. The van der Waals surface area contributed by atoms with Gasteiger partial charge in [-0.2, -0.15) is 0 Å². The lowest BCUT2D eigenvalue weighted by Crippen LogP contribution is -2.51. The van der Waals surface area contributed by atoms with E-state index in [0.717, 1.165) is 28.3 Å². The lowest BCUT2D eigenvalue weighted by molar-refractivity contribution is -0.139. The summed E-state index contributed by atoms with van der Waals surface area (Å²) in [5.41, 5.74) is 2.59. The summed E-state index contributed by atoms with van der Waals surface area (Å²) in [5.74, 6) is -1.32. The van der Waals surface area contributed by atoms with Crippen LogP contribution in [0.3, 0.4) is 0 Å². The fraction of sp³-hybridized carbons (Fsp3) is 0.333. The SMILES string of the molecule is CCCCNC(=O)[C@@H](C)N(Cc1ccc(F)cc1)C(=O)CN(c1cccc(C)c1C)S(=O)(=O)c1ccccc1. The molecule has 208 valence electrons. The van der Waals surface area contributed by atoms with Gasteiger partial charge in [0, 0.05) is 13.1 Å².